The maximum atomic E-state index is 2.43. The van der Waals surface area contributed by atoms with E-state index in [9.17, 15) is 0 Å². The quantitative estimate of drug-likeness (QED) is 0.760. The fourth-order valence-corrected chi connectivity index (χ4v) is 3.08. The van der Waals surface area contributed by atoms with Crippen LogP contribution in [-0.2, 0) is 6.42 Å². The van der Waals surface area contributed by atoms with E-state index < -0.39 is 0 Å². The maximum Gasteiger partial charge on any atom is -0.00159 e. The highest BCUT2D eigenvalue weighted by molar-refractivity contribution is 5.30. The van der Waals surface area contributed by atoms with Gasteiger partial charge in [-0.3, -0.25) is 0 Å². The molecule has 1 heteroatoms. The predicted molar refractivity (Wildman–Crippen MR) is 96.5 cm³/mol. The van der Waals surface area contributed by atoms with Crippen molar-refractivity contribution in [3.8, 4) is 0 Å². The van der Waals surface area contributed by atoms with Gasteiger partial charge in [0.05, 0.1) is 0 Å². The van der Waals surface area contributed by atoms with Gasteiger partial charge < -0.3 is 4.90 Å². The molecule has 22 heavy (non-hydrogen) atoms. The lowest BCUT2D eigenvalue weighted by atomic mass is 9.89. The van der Waals surface area contributed by atoms with Crippen molar-refractivity contribution < 1.29 is 0 Å². The molecule has 0 aromatic heterocycles. The van der Waals surface area contributed by atoms with Gasteiger partial charge in [0.15, 0.2) is 0 Å². The van der Waals surface area contributed by atoms with E-state index in [1.54, 1.807) is 0 Å². The lowest BCUT2D eigenvalue weighted by molar-refractivity contribution is 0.255. The molecule has 2 aromatic carbocycles. The zero-order chi connectivity index (χ0) is 15.8. The van der Waals surface area contributed by atoms with Crippen LogP contribution < -0.4 is 0 Å². The molecule has 1 heterocycles. The Bertz CT molecular complexity index is 522. The van der Waals surface area contributed by atoms with E-state index in [1.807, 2.05) is 13.8 Å². The maximum absolute atomic E-state index is 2.43. The first-order valence-corrected chi connectivity index (χ1v) is 8.62. The van der Waals surface area contributed by atoms with Crippen LogP contribution in [0.4, 0.5) is 0 Å². The fourth-order valence-electron chi connectivity index (χ4n) is 3.08. The first-order valence-electron chi connectivity index (χ1n) is 8.62. The Morgan fingerprint density at radius 1 is 0.818 bits per heavy atom. The minimum Gasteiger partial charge on any atom is -0.306 e. The average molecular weight is 295 g/mol. The second-order valence-corrected chi connectivity index (χ2v) is 5.98. The van der Waals surface area contributed by atoms with Crippen molar-refractivity contribution in [3.63, 3.8) is 0 Å². The van der Waals surface area contributed by atoms with Gasteiger partial charge in [-0.1, -0.05) is 68.4 Å². The topological polar surface area (TPSA) is 3.24 Å². The third kappa shape index (κ3) is 4.71. The van der Waals surface area contributed by atoms with Crippen molar-refractivity contribution in [2.45, 2.75) is 39.0 Å². The van der Waals surface area contributed by atoms with E-state index in [4.69, 9.17) is 0 Å². The molecule has 0 amide bonds. The standard InChI is InChI=1S/C19H23N.C2H6/c1-20-13-11-19(12-14-20)18-9-7-17(8-10-18)15-16-5-3-2-4-6-16;1-2/h2-10,19H,11-15H2,1H3;1-2H3. The molecule has 1 nitrogen and oxygen atoms in total. The molecule has 0 aliphatic carbocycles. The molecule has 1 aliphatic rings. The van der Waals surface area contributed by atoms with Gasteiger partial charge in [0.1, 0.15) is 0 Å². The number of piperidine rings is 1. The summed E-state index contributed by atoms with van der Waals surface area (Å²) in [7, 11) is 2.22. The van der Waals surface area contributed by atoms with Gasteiger partial charge in [-0.2, -0.15) is 0 Å². The van der Waals surface area contributed by atoms with Gasteiger partial charge in [0.2, 0.25) is 0 Å². The minimum absolute atomic E-state index is 0.761. The Labute approximate surface area is 136 Å². The number of rotatable bonds is 3. The van der Waals surface area contributed by atoms with Crippen molar-refractivity contribution in [1.29, 1.82) is 0 Å². The van der Waals surface area contributed by atoms with Crippen molar-refractivity contribution in [1.82, 2.24) is 4.90 Å². The largest absolute Gasteiger partial charge is 0.306 e. The number of hydrogen-bond donors (Lipinski definition) is 0. The molecule has 2 aromatic rings. The number of likely N-dealkylation sites (tertiary alicyclic amines) is 1. The van der Waals surface area contributed by atoms with Gasteiger partial charge in [0.25, 0.3) is 0 Å². The van der Waals surface area contributed by atoms with Crippen LogP contribution in [0.2, 0.25) is 0 Å². The highest BCUT2D eigenvalue weighted by Crippen LogP contribution is 2.27. The summed E-state index contributed by atoms with van der Waals surface area (Å²) in [4.78, 5) is 2.43. The first kappa shape index (κ1) is 16.8. The molecule has 3 rings (SSSR count). The van der Waals surface area contributed by atoms with Crippen LogP contribution in [0.15, 0.2) is 54.6 Å². The molecule has 0 atom stereocenters. The van der Waals surface area contributed by atoms with E-state index in [-0.39, 0.29) is 0 Å². The lowest BCUT2D eigenvalue weighted by Crippen LogP contribution is -2.29. The minimum atomic E-state index is 0.761. The van der Waals surface area contributed by atoms with Crippen molar-refractivity contribution >= 4 is 0 Å². The summed E-state index contributed by atoms with van der Waals surface area (Å²) in [6, 6.07) is 20.0. The van der Waals surface area contributed by atoms with Crippen LogP contribution in [-0.4, -0.2) is 25.0 Å². The zero-order valence-corrected chi connectivity index (χ0v) is 14.3. The van der Waals surface area contributed by atoms with Gasteiger partial charge in [-0.25, -0.2) is 0 Å². The van der Waals surface area contributed by atoms with E-state index in [1.165, 1.54) is 42.6 Å². The predicted octanol–water partition coefficient (Wildman–Crippen LogP) is 5.11. The van der Waals surface area contributed by atoms with Gasteiger partial charge in [-0.15, -0.1) is 0 Å². The second kappa shape index (κ2) is 8.75. The summed E-state index contributed by atoms with van der Waals surface area (Å²) in [5.74, 6) is 0.761. The summed E-state index contributed by atoms with van der Waals surface area (Å²) < 4.78 is 0. The molecule has 0 bridgehead atoms. The fraction of sp³-hybridized carbons (Fsp3) is 0.429. The van der Waals surface area contributed by atoms with Gasteiger partial charge >= 0.3 is 0 Å². The monoisotopic (exact) mass is 295 g/mol. The summed E-state index contributed by atoms with van der Waals surface area (Å²) in [6.07, 6.45) is 3.64. The molecule has 1 saturated heterocycles. The summed E-state index contributed by atoms with van der Waals surface area (Å²) >= 11 is 0. The van der Waals surface area contributed by atoms with Crippen molar-refractivity contribution in [2.24, 2.45) is 0 Å². The van der Waals surface area contributed by atoms with E-state index in [0.717, 1.165) is 12.3 Å². The van der Waals surface area contributed by atoms with Crippen LogP contribution in [0.1, 0.15) is 49.3 Å². The first-order chi connectivity index (χ1) is 10.8. The Kier molecular flexibility index (Phi) is 6.67. The number of hydrogen-bond acceptors (Lipinski definition) is 1. The van der Waals surface area contributed by atoms with Crippen LogP contribution in [0.5, 0.6) is 0 Å². The van der Waals surface area contributed by atoms with Crippen molar-refractivity contribution in [2.75, 3.05) is 20.1 Å². The average Bonchev–Trinajstić information content (AvgIpc) is 2.59. The number of benzene rings is 2. The van der Waals surface area contributed by atoms with E-state index in [2.05, 4.69) is 66.5 Å². The van der Waals surface area contributed by atoms with Crippen LogP contribution in [0, 0.1) is 0 Å². The normalized spacial score (nSPS) is 16.0. The number of nitrogens with zero attached hydrogens (tertiary/aromatic N) is 1. The van der Waals surface area contributed by atoms with Crippen LogP contribution >= 0.6 is 0 Å². The molecular weight excluding hydrogens is 266 g/mol. The van der Waals surface area contributed by atoms with E-state index >= 15 is 0 Å². The zero-order valence-electron chi connectivity index (χ0n) is 14.3. The Morgan fingerprint density at radius 3 is 1.95 bits per heavy atom. The molecular formula is C21H29N. The van der Waals surface area contributed by atoms with Crippen LogP contribution in [0.3, 0.4) is 0 Å². The van der Waals surface area contributed by atoms with E-state index in [0.29, 0.717) is 0 Å². The molecule has 0 saturated carbocycles. The van der Waals surface area contributed by atoms with Gasteiger partial charge in [0, 0.05) is 0 Å². The van der Waals surface area contributed by atoms with Crippen molar-refractivity contribution in [3.05, 3.63) is 71.3 Å². The molecule has 118 valence electrons. The molecule has 0 radical (unpaired) electrons. The summed E-state index contributed by atoms with van der Waals surface area (Å²) in [6.45, 7) is 6.47. The molecule has 0 N–H and O–H groups in total. The molecule has 1 fully saturated rings. The third-order valence-corrected chi connectivity index (χ3v) is 4.42. The summed E-state index contributed by atoms with van der Waals surface area (Å²) in [5.41, 5.74) is 4.32. The Morgan fingerprint density at radius 2 is 1.36 bits per heavy atom. The highest BCUT2D eigenvalue weighted by Gasteiger charge is 2.17. The molecule has 0 unspecified atom stereocenters. The Balaban J connectivity index is 0.000000847. The molecule has 0 spiro atoms. The van der Waals surface area contributed by atoms with Gasteiger partial charge in [-0.05, 0) is 62.0 Å². The third-order valence-electron chi connectivity index (χ3n) is 4.42. The SMILES string of the molecule is CC.CN1CCC(c2ccc(Cc3ccccc3)cc2)CC1. The lowest BCUT2D eigenvalue weighted by Gasteiger charge is -2.29. The Hall–Kier alpha value is -1.60. The highest BCUT2D eigenvalue weighted by atomic mass is 15.1. The smallest absolute Gasteiger partial charge is 0.00159 e. The second-order valence-electron chi connectivity index (χ2n) is 5.98. The van der Waals surface area contributed by atoms with Crippen LogP contribution in [0.25, 0.3) is 0 Å². The summed E-state index contributed by atoms with van der Waals surface area (Å²) in [5, 5.41) is 0. The molecule has 1 aliphatic heterocycles.